The molecular weight excluding hydrogens is 223 g/mol. The number of amides is 1. The van der Waals surface area contributed by atoms with Gasteiger partial charge in [-0.05, 0) is 6.07 Å². The maximum atomic E-state index is 11.3. The fraction of sp³-hybridized carbons (Fsp3) is 0.111. The number of hydrogen-bond donors (Lipinski definition) is 0. The molecule has 0 bridgehead atoms. The standard InChI is InChI=1S/C9H6N2O4.Na.H/c1-10-7-4-5(11(14)15)2-3-6(7)8(12)9(10)13;;/h2-4H,1H3;;/q;+1;-1. The van der Waals surface area contributed by atoms with Gasteiger partial charge in [-0.15, -0.1) is 0 Å². The van der Waals surface area contributed by atoms with Gasteiger partial charge in [-0.2, -0.15) is 0 Å². The van der Waals surface area contributed by atoms with Gasteiger partial charge in [-0.25, -0.2) is 0 Å². The molecule has 0 spiro atoms. The molecule has 0 atom stereocenters. The largest absolute Gasteiger partial charge is 1.00 e. The van der Waals surface area contributed by atoms with Crippen molar-refractivity contribution in [3.63, 3.8) is 0 Å². The predicted octanol–water partition coefficient (Wildman–Crippen LogP) is -2.13. The summed E-state index contributed by atoms with van der Waals surface area (Å²) in [6.45, 7) is 0. The fourth-order valence-corrected chi connectivity index (χ4v) is 1.48. The molecule has 16 heavy (non-hydrogen) atoms. The third-order valence-corrected chi connectivity index (χ3v) is 2.30. The van der Waals surface area contributed by atoms with Crippen molar-refractivity contribution in [1.29, 1.82) is 0 Å². The number of Topliss-reactive ketones (excluding diaryl/α,β-unsaturated/α-hetero) is 1. The topological polar surface area (TPSA) is 80.5 Å². The Morgan fingerprint density at radius 2 is 2.00 bits per heavy atom. The molecule has 1 aromatic carbocycles. The summed E-state index contributed by atoms with van der Waals surface area (Å²) in [6.07, 6.45) is 0. The fourth-order valence-electron chi connectivity index (χ4n) is 1.48. The minimum atomic E-state index is -0.662. The summed E-state index contributed by atoms with van der Waals surface area (Å²) < 4.78 is 0. The number of benzene rings is 1. The second kappa shape index (κ2) is 4.32. The first kappa shape index (κ1) is 12.8. The molecule has 1 heterocycles. The smallest absolute Gasteiger partial charge is 1.00 e. The maximum Gasteiger partial charge on any atom is 1.00 e. The maximum absolute atomic E-state index is 11.3. The Kier molecular flexibility index (Phi) is 3.47. The zero-order chi connectivity index (χ0) is 11.2. The molecule has 0 fully saturated rings. The van der Waals surface area contributed by atoms with E-state index in [1.807, 2.05) is 0 Å². The van der Waals surface area contributed by atoms with E-state index in [0.717, 1.165) is 4.90 Å². The van der Waals surface area contributed by atoms with Crippen LogP contribution in [0.15, 0.2) is 18.2 Å². The van der Waals surface area contributed by atoms with Gasteiger partial charge in [-0.1, -0.05) is 0 Å². The van der Waals surface area contributed by atoms with Crippen LogP contribution in [0.25, 0.3) is 0 Å². The van der Waals surface area contributed by atoms with E-state index in [1.165, 1.54) is 25.2 Å². The first-order chi connectivity index (χ1) is 7.02. The van der Waals surface area contributed by atoms with Gasteiger partial charge in [0.25, 0.3) is 17.4 Å². The van der Waals surface area contributed by atoms with Gasteiger partial charge in [0.15, 0.2) is 0 Å². The normalized spacial score (nSPS) is 13.4. The van der Waals surface area contributed by atoms with Gasteiger partial charge < -0.3 is 6.33 Å². The molecule has 1 aromatic rings. The van der Waals surface area contributed by atoms with Crippen molar-refractivity contribution in [3.8, 4) is 0 Å². The van der Waals surface area contributed by atoms with E-state index in [0.29, 0.717) is 5.69 Å². The van der Waals surface area contributed by atoms with Crippen LogP contribution in [0.1, 0.15) is 11.8 Å². The number of carbonyl (C=O) groups is 2. The molecule has 0 radical (unpaired) electrons. The first-order valence-corrected chi connectivity index (χ1v) is 4.13. The number of non-ortho nitro benzene ring substituents is 1. The number of fused-ring (bicyclic) bond motifs is 1. The van der Waals surface area contributed by atoms with Crippen LogP contribution in [0.2, 0.25) is 0 Å². The zero-order valence-corrected chi connectivity index (χ0v) is 10.8. The Hall–Kier alpha value is -1.24. The van der Waals surface area contributed by atoms with Crippen molar-refractivity contribution >= 4 is 23.1 Å². The van der Waals surface area contributed by atoms with Crippen LogP contribution in [0.3, 0.4) is 0 Å². The minimum absolute atomic E-state index is 0. The molecule has 0 unspecified atom stereocenters. The van der Waals surface area contributed by atoms with E-state index in [9.17, 15) is 19.7 Å². The van der Waals surface area contributed by atoms with Gasteiger partial charge in [-0.3, -0.25) is 19.7 Å². The number of nitrogens with zero attached hydrogens (tertiary/aromatic N) is 2. The third kappa shape index (κ3) is 1.75. The number of nitro benzene ring substituents is 1. The molecule has 0 aromatic heterocycles. The summed E-state index contributed by atoms with van der Waals surface area (Å²) >= 11 is 0. The van der Waals surface area contributed by atoms with Crippen LogP contribution in [0, 0.1) is 10.1 Å². The second-order valence-electron chi connectivity index (χ2n) is 3.15. The molecule has 78 valence electrons. The minimum Gasteiger partial charge on any atom is -1.00 e. The summed E-state index contributed by atoms with van der Waals surface area (Å²) in [5.74, 6) is -1.28. The molecular formula is C9H7N2NaO4. The Labute approximate surface area is 114 Å². The van der Waals surface area contributed by atoms with E-state index < -0.39 is 16.6 Å². The summed E-state index contributed by atoms with van der Waals surface area (Å²) in [6, 6.07) is 3.73. The Balaban J connectivity index is 0.00000128. The number of nitro groups is 1. The quantitative estimate of drug-likeness (QED) is 0.239. The zero-order valence-electron chi connectivity index (χ0n) is 9.76. The second-order valence-corrected chi connectivity index (χ2v) is 3.15. The summed E-state index contributed by atoms with van der Waals surface area (Å²) in [7, 11) is 1.41. The molecule has 0 N–H and O–H groups in total. The van der Waals surface area contributed by atoms with Crippen LogP contribution in [-0.2, 0) is 4.79 Å². The molecule has 0 aliphatic carbocycles. The molecule has 6 nitrogen and oxygen atoms in total. The average Bonchev–Trinajstić information content (AvgIpc) is 2.44. The summed E-state index contributed by atoms with van der Waals surface area (Å²) in [5.41, 5.74) is 0.371. The Morgan fingerprint density at radius 3 is 2.56 bits per heavy atom. The van der Waals surface area contributed by atoms with E-state index in [-0.39, 0.29) is 42.2 Å². The van der Waals surface area contributed by atoms with Gasteiger partial charge in [0, 0.05) is 19.2 Å². The third-order valence-electron chi connectivity index (χ3n) is 2.30. The van der Waals surface area contributed by atoms with Gasteiger partial charge in [0.1, 0.15) is 0 Å². The number of carbonyl (C=O) groups excluding carboxylic acids is 2. The summed E-state index contributed by atoms with van der Waals surface area (Å²) in [5, 5.41) is 10.5. The van der Waals surface area contributed by atoms with Crippen molar-refractivity contribution in [1.82, 2.24) is 0 Å². The Bertz CT molecular complexity index is 506. The number of anilines is 1. The van der Waals surface area contributed by atoms with Crippen molar-refractivity contribution in [2.75, 3.05) is 11.9 Å². The van der Waals surface area contributed by atoms with E-state index in [4.69, 9.17) is 0 Å². The monoisotopic (exact) mass is 230 g/mol. The Morgan fingerprint density at radius 1 is 1.38 bits per heavy atom. The van der Waals surface area contributed by atoms with Crippen molar-refractivity contribution in [2.45, 2.75) is 0 Å². The molecule has 0 saturated carbocycles. The van der Waals surface area contributed by atoms with Crippen LogP contribution in [0.5, 0.6) is 0 Å². The van der Waals surface area contributed by atoms with E-state index in [2.05, 4.69) is 0 Å². The van der Waals surface area contributed by atoms with Crippen LogP contribution in [-0.4, -0.2) is 23.7 Å². The van der Waals surface area contributed by atoms with E-state index >= 15 is 0 Å². The van der Waals surface area contributed by atoms with Gasteiger partial charge in [0.05, 0.1) is 16.2 Å². The van der Waals surface area contributed by atoms with Gasteiger partial charge >= 0.3 is 29.6 Å². The predicted molar refractivity (Wildman–Crippen MR) is 51.9 cm³/mol. The number of rotatable bonds is 1. The molecule has 2 rings (SSSR count). The molecule has 1 aliphatic heterocycles. The van der Waals surface area contributed by atoms with Gasteiger partial charge in [0.2, 0.25) is 0 Å². The molecule has 1 amide bonds. The first-order valence-electron chi connectivity index (χ1n) is 4.13. The van der Waals surface area contributed by atoms with Crippen molar-refractivity contribution < 1.29 is 45.5 Å². The summed E-state index contributed by atoms with van der Waals surface area (Å²) in [4.78, 5) is 33.6. The molecule has 0 saturated heterocycles. The molecule has 7 heteroatoms. The van der Waals surface area contributed by atoms with E-state index in [1.54, 1.807) is 0 Å². The van der Waals surface area contributed by atoms with Crippen molar-refractivity contribution in [3.05, 3.63) is 33.9 Å². The number of hydrogen-bond acceptors (Lipinski definition) is 4. The van der Waals surface area contributed by atoms with Crippen molar-refractivity contribution in [2.24, 2.45) is 0 Å². The average molecular weight is 230 g/mol. The van der Waals surface area contributed by atoms with Crippen LogP contribution < -0.4 is 34.5 Å². The SMILES string of the molecule is CN1C(=O)C(=O)c2ccc([N+](=O)[O-])cc21.[H-].[Na+]. The molecule has 1 aliphatic rings. The van der Waals surface area contributed by atoms with Crippen LogP contribution >= 0.6 is 0 Å². The number of ketones is 1. The number of likely N-dealkylation sites (N-methyl/N-ethyl adjacent to an activating group) is 1. The van der Waals surface area contributed by atoms with Crippen LogP contribution in [0.4, 0.5) is 11.4 Å².